The molecule has 1 aliphatic heterocycles. The average molecular weight is 369 g/mol. The predicted octanol–water partition coefficient (Wildman–Crippen LogP) is 6.30. The van der Waals surface area contributed by atoms with Crippen molar-refractivity contribution in [2.75, 3.05) is 13.1 Å². The van der Waals surface area contributed by atoms with E-state index < -0.39 is 11.7 Å². The zero-order valence-corrected chi connectivity index (χ0v) is 15.4. The van der Waals surface area contributed by atoms with Gasteiger partial charge >= 0.3 is 6.18 Å². The van der Waals surface area contributed by atoms with Crippen LogP contribution < -0.4 is 0 Å². The summed E-state index contributed by atoms with van der Waals surface area (Å²) in [4.78, 5) is 2.27. The van der Waals surface area contributed by atoms with Crippen LogP contribution >= 0.6 is 0 Å². The van der Waals surface area contributed by atoms with Crippen LogP contribution in [0.2, 0.25) is 0 Å². The minimum atomic E-state index is -4.34. The summed E-state index contributed by atoms with van der Waals surface area (Å²) in [5.41, 5.74) is 8.06. The highest BCUT2D eigenvalue weighted by molar-refractivity contribution is 5.82. The van der Waals surface area contributed by atoms with Crippen molar-refractivity contribution in [3.63, 3.8) is 0 Å². The van der Waals surface area contributed by atoms with Crippen molar-refractivity contribution in [3.8, 4) is 0 Å². The highest BCUT2D eigenvalue weighted by Crippen LogP contribution is 2.34. The number of piperidine rings is 1. The zero-order valence-electron chi connectivity index (χ0n) is 15.4. The number of hydrogen-bond acceptors (Lipinski definition) is 1. The molecule has 0 radical (unpaired) electrons. The number of rotatable bonds is 3. The molecule has 0 bridgehead atoms. The molecule has 1 aromatic rings. The molecule has 0 aromatic heterocycles. The Morgan fingerprint density at radius 1 is 1.11 bits per heavy atom. The van der Waals surface area contributed by atoms with Crippen molar-refractivity contribution in [1.29, 1.82) is 0 Å². The summed E-state index contributed by atoms with van der Waals surface area (Å²) in [6, 6.07) is 5.15. The summed E-state index contributed by atoms with van der Waals surface area (Å²) >= 11 is 0. The summed E-state index contributed by atoms with van der Waals surface area (Å²) in [6.07, 6.45) is 3.50. The number of alkyl halides is 3. The highest BCUT2D eigenvalue weighted by atomic mass is 19.4. The third-order valence-electron chi connectivity index (χ3n) is 4.85. The van der Waals surface area contributed by atoms with Crippen molar-refractivity contribution < 1.29 is 13.2 Å². The number of nitrogens with zero attached hydrogens (tertiary/aromatic N) is 1. The third-order valence-corrected chi connectivity index (χ3v) is 4.85. The normalized spacial score (nSPS) is 17.9. The molecule has 1 aliphatic carbocycles. The molecule has 0 N–H and O–H groups in total. The Kier molecular flexibility index (Phi) is 5.29. The Morgan fingerprint density at radius 3 is 2.33 bits per heavy atom. The van der Waals surface area contributed by atoms with Gasteiger partial charge in [-0.3, -0.25) is 0 Å². The van der Waals surface area contributed by atoms with Crippen LogP contribution in [-0.2, 0) is 6.18 Å². The molecule has 0 unspecified atom stereocenters. The van der Waals surface area contributed by atoms with Gasteiger partial charge in [0.1, 0.15) is 0 Å². The van der Waals surface area contributed by atoms with Gasteiger partial charge in [-0.25, -0.2) is 0 Å². The van der Waals surface area contributed by atoms with Gasteiger partial charge in [0.05, 0.1) is 11.3 Å². The fourth-order valence-corrected chi connectivity index (χ4v) is 3.23. The lowest BCUT2D eigenvalue weighted by molar-refractivity contribution is -0.137. The molecule has 0 spiro atoms. The molecule has 140 valence electrons. The number of hydrogen-bond donors (Lipinski definition) is 0. The summed E-state index contributed by atoms with van der Waals surface area (Å²) in [6.45, 7) is 11.9. The van der Waals surface area contributed by atoms with Gasteiger partial charge in [-0.2, -0.15) is 13.2 Å². The van der Waals surface area contributed by atoms with Gasteiger partial charge in [-0.15, -0.1) is 5.73 Å². The van der Waals surface area contributed by atoms with Gasteiger partial charge in [-0.1, -0.05) is 43.0 Å². The van der Waals surface area contributed by atoms with E-state index in [1.54, 1.807) is 0 Å². The smallest absolute Gasteiger partial charge is 0.370 e. The van der Waals surface area contributed by atoms with Gasteiger partial charge < -0.3 is 4.90 Å². The topological polar surface area (TPSA) is 3.24 Å². The Bertz CT molecular complexity index is 879. The Balaban J connectivity index is 1.95. The molecule has 1 aromatic carbocycles. The van der Waals surface area contributed by atoms with Gasteiger partial charge in [-0.05, 0) is 54.7 Å². The van der Waals surface area contributed by atoms with Gasteiger partial charge in [0, 0.05) is 18.7 Å². The van der Waals surface area contributed by atoms with Crippen LogP contribution in [0.4, 0.5) is 13.2 Å². The Hall–Kier alpha value is -2.71. The van der Waals surface area contributed by atoms with Crippen molar-refractivity contribution in [2.45, 2.75) is 25.9 Å². The maximum atomic E-state index is 12.8. The summed E-state index contributed by atoms with van der Waals surface area (Å²) in [7, 11) is 0. The quantitative estimate of drug-likeness (QED) is 0.447. The number of allylic oxidation sites excluding steroid dienone is 4. The summed E-state index contributed by atoms with van der Waals surface area (Å²) < 4.78 is 38.5. The molecule has 1 nitrogen and oxygen atoms in total. The molecular formula is C23H22F3N. The van der Waals surface area contributed by atoms with E-state index in [0.29, 0.717) is 11.1 Å². The largest absolute Gasteiger partial charge is 0.416 e. The molecule has 1 heterocycles. The molecule has 1 saturated heterocycles. The van der Waals surface area contributed by atoms with E-state index in [1.165, 1.54) is 17.7 Å². The number of benzene rings is 1. The first-order valence-electron chi connectivity index (χ1n) is 8.90. The first-order chi connectivity index (χ1) is 12.8. The Labute approximate surface area is 158 Å². The molecule has 4 heteroatoms. The van der Waals surface area contributed by atoms with E-state index in [2.05, 4.69) is 23.8 Å². The lowest BCUT2D eigenvalue weighted by Gasteiger charge is -2.33. The molecule has 0 saturated carbocycles. The summed E-state index contributed by atoms with van der Waals surface area (Å²) in [5, 5.41) is 0. The SMILES string of the molecule is C=C1CCN(C2=CC=CC(C)=C=C2C(=C)c2ccc(C(F)(F)F)cc2)CC1. The van der Waals surface area contributed by atoms with Gasteiger partial charge in [0.25, 0.3) is 0 Å². The molecule has 3 rings (SSSR count). The molecular weight excluding hydrogens is 347 g/mol. The lowest BCUT2D eigenvalue weighted by Crippen LogP contribution is -2.30. The van der Waals surface area contributed by atoms with Crippen LogP contribution in [0.25, 0.3) is 5.57 Å². The van der Waals surface area contributed by atoms with E-state index in [0.717, 1.165) is 54.9 Å². The average Bonchev–Trinajstić information content (AvgIpc) is 2.83. The predicted molar refractivity (Wildman–Crippen MR) is 104 cm³/mol. The van der Waals surface area contributed by atoms with Crippen molar-refractivity contribution in [1.82, 2.24) is 4.90 Å². The first kappa shape index (κ1) is 19.1. The number of likely N-dealkylation sites (tertiary alicyclic amines) is 1. The van der Waals surface area contributed by atoms with Crippen molar-refractivity contribution >= 4 is 5.57 Å². The zero-order chi connectivity index (χ0) is 19.6. The van der Waals surface area contributed by atoms with Gasteiger partial charge in [0.2, 0.25) is 0 Å². The highest BCUT2D eigenvalue weighted by Gasteiger charge is 2.30. The second-order valence-corrected chi connectivity index (χ2v) is 6.88. The fraction of sp³-hybridized carbons (Fsp3) is 0.261. The minimum absolute atomic E-state index is 0.660. The monoisotopic (exact) mass is 369 g/mol. The standard InChI is InChI=1S/C23H22F3N/c1-16-11-13-27(14-12-16)22-6-4-5-17(2)15-21(22)18(3)19-7-9-20(10-8-19)23(24,25)26/h4-10H,1,3,11-14H2,2H3. The number of halogens is 3. The van der Waals surface area contributed by atoms with Gasteiger partial charge in [0.15, 0.2) is 0 Å². The van der Waals surface area contributed by atoms with E-state index >= 15 is 0 Å². The van der Waals surface area contributed by atoms with Crippen LogP contribution in [0, 0.1) is 0 Å². The van der Waals surface area contributed by atoms with E-state index in [4.69, 9.17) is 0 Å². The molecule has 1 fully saturated rings. The first-order valence-corrected chi connectivity index (χ1v) is 8.90. The van der Waals surface area contributed by atoms with Crippen LogP contribution in [0.5, 0.6) is 0 Å². The molecule has 0 atom stereocenters. The molecule has 2 aliphatic rings. The Morgan fingerprint density at radius 2 is 1.74 bits per heavy atom. The van der Waals surface area contributed by atoms with Crippen molar-refractivity contribution in [3.05, 3.63) is 94.9 Å². The lowest BCUT2D eigenvalue weighted by atomic mass is 9.94. The fourth-order valence-electron chi connectivity index (χ4n) is 3.23. The second-order valence-electron chi connectivity index (χ2n) is 6.88. The maximum Gasteiger partial charge on any atom is 0.416 e. The van der Waals surface area contributed by atoms with Crippen LogP contribution in [0.1, 0.15) is 30.9 Å². The van der Waals surface area contributed by atoms with Crippen LogP contribution in [0.3, 0.4) is 0 Å². The van der Waals surface area contributed by atoms with Crippen LogP contribution in [0.15, 0.2) is 83.8 Å². The van der Waals surface area contributed by atoms with E-state index in [9.17, 15) is 13.2 Å². The third kappa shape index (κ3) is 4.35. The minimum Gasteiger partial charge on any atom is -0.370 e. The van der Waals surface area contributed by atoms with Crippen LogP contribution in [-0.4, -0.2) is 18.0 Å². The maximum absolute atomic E-state index is 12.8. The molecule has 27 heavy (non-hydrogen) atoms. The van der Waals surface area contributed by atoms with E-state index in [1.807, 2.05) is 25.2 Å². The van der Waals surface area contributed by atoms with E-state index in [-0.39, 0.29) is 0 Å². The summed E-state index contributed by atoms with van der Waals surface area (Å²) in [5.74, 6) is 0. The second kappa shape index (κ2) is 7.50. The van der Waals surface area contributed by atoms with Crippen molar-refractivity contribution in [2.24, 2.45) is 0 Å². The molecule has 0 amide bonds.